The monoisotopic (exact) mass is 385 g/mol. The molecule has 1 aromatic heterocycles. The summed E-state index contributed by atoms with van der Waals surface area (Å²) >= 11 is 1.74. The number of amides is 2. The van der Waals surface area contributed by atoms with E-state index >= 15 is 0 Å². The van der Waals surface area contributed by atoms with E-state index in [2.05, 4.69) is 50.7 Å². The molecule has 0 unspecified atom stereocenters. The Bertz CT molecular complexity index is 719. The number of rotatable bonds is 7. The highest BCUT2D eigenvalue weighted by molar-refractivity contribution is 7.99. The van der Waals surface area contributed by atoms with Crippen LogP contribution in [0.5, 0.6) is 0 Å². The lowest BCUT2D eigenvalue weighted by Gasteiger charge is -2.33. The minimum Gasteiger partial charge on any atom is -0.354 e. The zero-order valence-corrected chi connectivity index (χ0v) is 16.5. The summed E-state index contributed by atoms with van der Waals surface area (Å²) < 4.78 is 0. The molecule has 0 radical (unpaired) electrons. The zero-order valence-electron chi connectivity index (χ0n) is 15.7. The van der Waals surface area contributed by atoms with Gasteiger partial charge in [0, 0.05) is 56.1 Å². The number of carbonyl (C=O) groups is 1. The summed E-state index contributed by atoms with van der Waals surface area (Å²) in [5.41, 5.74) is 1.06. The number of hydrogen-bond acceptors (Lipinski definition) is 5. The van der Waals surface area contributed by atoms with E-state index in [-0.39, 0.29) is 6.03 Å². The number of pyridine rings is 1. The fraction of sp³-hybridized carbons (Fsp3) is 0.400. The number of hydrogen-bond donors (Lipinski definition) is 2. The molecule has 0 spiro atoms. The van der Waals surface area contributed by atoms with E-state index in [1.54, 1.807) is 11.8 Å². The molecule has 2 N–H and O–H groups in total. The second kappa shape index (κ2) is 10.2. The van der Waals surface area contributed by atoms with Crippen LogP contribution in [0.3, 0.4) is 0 Å². The summed E-state index contributed by atoms with van der Waals surface area (Å²) in [7, 11) is 2.14. The van der Waals surface area contributed by atoms with Crippen molar-refractivity contribution in [3.8, 4) is 0 Å². The first kappa shape index (κ1) is 19.5. The van der Waals surface area contributed by atoms with Crippen molar-refractivity contribution in [1.82, 2.24) is 20.5 Å². The smallest absolute Gasteiger partial charge is 0.315 e. The summed E-state index contributed by atoms with van der Waals surface area (Å²) in [5, 5.41) is 5.82. The van der Waals surface area contributed by atoms with E-state index < -0.39 is 0 Å². The second-order valence-corrected chi connectivity index (χ2v) is 7.75. The maximum absolute atomic E-state index is 12.0. The number of urea groups is 1. The molecule has 1 aliphatic rings. The van der Waals surface area contributed by atoms with Gasteiger partial charge in [-0.3, -0.25) is 0 Å². The van der Waals surface area contributed by atoms with E-state index in [0.29, 0.717) is 13.1 Å². The van der Waals surface area contributed by atoms with Crippen molar-refractivity contribution >= 4 is 23.6 Å². The second-order valence-electron chi connectivity index (χ2n) is 6.58. The number of thioether (sulfide) groups is 1. The number of nitrogens with zero attached hydrogens (tertiary/aromatic N) is 3. The fourth-order valence-electron chi connectivity index (χ4n) is 2.87. The molecule has 1 aliphatic heterocycles. The molecular weight excluding hydrogens is 358 g/mol. The lowest BCUT2D eigenvalue weighted by Crippen LogP contribution is -2.44. The molecule has 2 aromatic rings. The van der Waals surface area contributed by atoms with Gasteiger partial charge < -0.3 is 20.4 Å². The van der Waals surface area contributed by atoms with Crippen molar-refractivity contribution in [3.05, 3.63) is 54.2 Å². The molecule has 2 amide bonds. The van der Waals surface area contributed by atoms with Gasteiger partial charge in [0.25, 0.3) is 0 Å². The molecule has 3 rings (SSSR count). The van der Waals surface area contributed by atoms with Crippen molar-refractivity contribution in [2.75, 3.05) is 50.4 Å². The first-order valence-electron chi connectivity index (χ1n) is 9.29. The van der Waals surface area contributed by atoms with Crippen LogP contribution in [-0.2, 0) is 6.54 Å². The van der Waals surface area contributed by atoms with Crippen molar-refractivity contribution in [3.63, 3.8) is 0 Å². The lowest BCUT2D eigenvalue weighted by atomic mass is 10.2. The third-order valence-corrected chi connectivity index (χ3v) is 5.50. The molecule has 1 aromatic carbocycles. The van der Waals surface area contributed by atoms with Gasteiger partial charge in [0.05, 0.1) is 0 Å². The van der Waals surface area contributed by atoms with Gasteiger partial charge in [-0.15, -0.1) is 11.8 Å². The maximum Gasteiger partial charge on any atom is 0.315 e. The van der Waals surface area contributed by atoms with E-state index in [9.17, 15) is 4.79 Å². The topological polar surface area (TPSA) is 60.5 Å². The SMILES string of the molecule is CN1CCN(c2cc(CNC(=O)NCCSc3ccccc3)ccn2)CC1. The molecule has 2 heterocycles. The predicted molar refractivity (Wildman–Crippen MR) is 111 cm³/mol. The third-order valence-electron chi connectivity index (χ3n) is 4.49. The number of aromatic nitrogens is 1. The van der Waals surface area contributed by atoms with Crippen LogP contribution in [0.4, 0.5) is 10.6 Å². The largest absolute Gasteiger partial charge is 0.354 e. The number of piperazine rings is 1. The summed E-state index contributed by atoms with van der Waals surface area (Å²) in [6.07, 6.45) is 1.82. The molecule has 0 saturated carbocycles. The molecule has 7 heteroatoms. The minimum absolute atomic E-state index is 0.137. The standard InChI is InChI=1S/C20H27N5OS/c1-24-10-12-25(13-11-24)19-15-17(7-8-21-19)16-23-20(26)22-9-14-27-18-5-3-2-4-6-18/h2-8,15H,9-14,16H2,1H3,(H2,22,23,26). The Kier molecular flexibility index (Phi) is 7.36. The van der Waals surface area contributed by atoms with Gasteiger partial charge in [0.1, 0.15) is 5.82 Å². The van der Waals surface area contributed by atoms with Crippen LogP contribution in [0, 0.1) is 0 Å². The molecule has 6 nitrogen and oxygen atoms in total. The highest BCUT2D eigenvalue weighted by Crippen LogP contribution is 2.16. The van der Waals surface area contributed by atoms with E-state index in [4.69, 9.17) is 0 Å². The maximum atomic E-state index is 12.0. The van der Waals surface area contributed by atoms with Gasteiger partial charge in [0.2, 0.25) is 0 Å². The van der Waals surface area contributed by atoms with Crippen LogP contribution >= 0.6 is 11.8 Å². The number of carbonyl (C=O) groups excluding carboxylic acids is 1. The molecule has 144 valence electrons. The van der Waals surface area contributed by atoms with Gasteiger partial charge in [-0.25, -0.2) is 9.78 Å². The normalized spacial score (nSPS) is 14.8. The van der Waals surface area contributed by atoms with Crippen LogP contribution in [0.15, 0.2) is 53.6 Å². The summed E-state index contributed by atoms with van der Waals surface area (Å²) in [4.78, 5) is 22.3. The van der Waals surface area contributed by atoms with E-state index in [1.165, 1.54) is 4.90 Å². The summed E-state index contributed by atoms with van der Waals surface area (Å²) in [5.74, 6) is 1.84. The van der Waals surface area contributed by atoms with E-state index in [0.717, 1.165) is 43.3 Å². The Labute approximate surface area is 165 Å². The van der Waals surface area contributed by atoms with Gasteiger partial charge >= 0.3 is 6.03 Å². The van der Waals surface area contributed by atoms with Crippen molar-refractivity contribution in [2.45, 2.75) is 11.4 Å². The Morgan fingerprint density at radius 1 is 1.11 bits per heavy atom. The number of nitrogens with one attached hydrogen (secondary N) is 2. The molecule has 1 fully saturated rings. The van der Waals surface area contributed by atoms with Crippen LogP contribution in [0.25, 0.3) is 0 Å². The van der Waals surface area contributed by atoms with Crippen LogP contribution < -0.4 is 15.5 Å². The molecule has 1 saturated heterocycles. The Hall–Kier alpha value is -2.25. The molecule has 0 aliphatic carbocycles. The quantitative estimate of drug-likeness (QED) is 0.566. The minimum atomic E-state index is -0.137. The third kappa shape index (κ3) is 6.45. The van der Waals surface area contributed by atoms with Crippen molar-refractivity contribution in [2.24, 2.45) is 0 Å². The van der Waals surface area contributed by atoms with Crippen LogP contribution in [0.2, 0.25) is 0 Å². The number of anilines is 1. The fourth-order valence-corrected chi connectivity index (χ4v) is 3.66. The highest BCUT2D eigenvalue weighted by Gasteiger charge is 2.15. The van der Waals surface area contributed by atoms with Crippen LogP contribution in [-0.4, -0.2) is 61.4 Å². The number of benzene rings is 1. The lowest BCUT2D eigenvalue weighted by molar-refractivity contribution is 0.241. The molecular formula is C20H27N5OS. The van der Waals surface area contributed by atoms with Gasteiger partial charge in [-0.2, -0.15) is 0 Å². The highest BCUT2D eigenvalue weighted by atomic mass is 32.2. The average molecular weight is 386 g/mol. The van der Waals surface area contributed by atoms with Crippen LogP contribution in [0.1, 0.15) is 5.56 Å². The summed E-state index contributed by atoms with van der Waals surface area (Å²) in [6.45, 7) is 5.20. The average Bonchev–Trinajstić information content (AvgIpc) is 2.71. The predicted octanol–water partition coefficient (Wildman–Crippen LogP) is 2.42. The summed E-state index contributed by atoms with van der Waals surface area (Å²) in [6, 6.07) is 14.1. The van der Waals surface area contributed by atoms with Gasteiger partial charge in [0.15, 0.2) is 0 Å². The van der Waals surface area contributed by atoms with Gasteiger partial charge in [-0.1, -0.05) is 18.2 Å². The Balaban J connectivity index is 1.38. The molecule has 0 atom stereocenters. The Morgan fingerprint density at radius 2 is 1.89 bits per heavy atom. The first-order valence-corrected chi connectivity index (χ1v) is 10.3. The molecule has 27 heavy (non-hydrogen) atoms. The first-order chi connectivity index (χ1) is 13.2. The Morgan fingerprint density at radius 3 is 2.67 bits per heavy atom. The van der Waals surface area contributed by atoms with Gasteiger partial charge in [-0.05, 0) is 36.9 Å². The zero-order chi connectivity index (χ0) is 18.9. The molecule has 0 bridgehead atoms. The number of likely N-dealkylation sites (N-methyl/N-ethyl adjacent to an activating group) is 1. The van der Waals surface area contributed by atoms with Crippen molar-refractivity contribution < 1.29 is 4.79 Å². The van der Waals surface area contributed by atoms with Crippen molar-refractivity contribution in [1.29, 1.82) is 0 Å². The van der Waals surface area contributed by atoms with E-state index in [1.807, 2.05) is 30.5 Å².